The molecule has 1 rings (SSSR count). The minimum absolute atomic E-state index is 0.214. The minimum atomic E-state index is -0.434. The maximum Gasteiger partial charge on any atom is 0.129 e. The molecule has 1 aromatic carbocycles. The summed E-state index contributed by atoms with van der Waals surface area (Å²) >= 11 is 0. The van der Waals surface area contributed by atoms with Crippen LogP contribution in [-0.4, -0.2) is 12.6 Å². The molecule has 0 fully saturated rings. The van der Waals surface area contributed by atoms with E-state index in [2.05, 4.69) is 12.2 Å². The van der Waals surface area contributed by atoms with Crippen LogP contribution in [0.3, 0.4) is 0 Å². The van der Waals surface area contributed by atoms with Crippen molar-refractivity contribution in [2.45, 2.75) is 45.6 Å². The van der Waals surface area contributed by atoms with Gasteiger partial charge in [0.1, 0.15) is 11.6 Å². The number of hydrogen-bond donors (Lipinski definition) is 1. The van der Waals surface area contributed by atoms with Gasteiger partial charge in [0, 0.05) is 11.6 Å². The highest BCUT2D eigenvalue weighted by Crippen LogP contribution is 2.16. The van der Waals surface area contributed by atoms with E-state index in [1.807, 2.05) is 6.92 Å². The first-order chi connectivity index (χ1) is 8.19. The Balaban J connectivity index is 2.58. The molecule has 17 heavy (non-hydrogen) atoms. The molecule has 0 heterocycles. The second-order valence-corrected chi connectivity index (χ2v) is 4.28. The highest BCUT2D eigenvalue weighted by molar-refractivity contribution is 5.19. The predicted molar refractivity (Wildman–Crippen MR) is 67.1 cm³/mol. The molecule has 0 aliphatic rings. The summed E-state index contributed by atoms with van der Waals surface area (Å²) in [4.78, 5) is 0. The first-order valence-electron chi connectivity index (χ1n) is 6.35. The highest BCUT2D eigenvalue weighted by atomic mass is 19.1. The maximum atomic E-state index is 13.4. The van der Waals surface area contributed by atoms with E-state index in [9.17, 15) is 8.78 Å². The van der Waals surface area contributed by atoms with Crippen molar-refractivity contribution in [2.75, 3.05) is 6.54 Å². The summed E-state index contributed by atoms with van der Waals surface area (Å²) < 4.78 is 26.8. The molecular formula is C14H21F2N. The van der Waals surface area contributed by atoms with Crippen molar-refractivity contribution in [3.8, 4) is 0 Å². The quantitative estimate of drug-likeness (QED) is 0.768. The molecule has 0 aliphatic carbocycles. The fourth-order valence-corrected chi connectivity index (χ4v) is 2.08. The lowest BCUT2D eigenvalue weighted by molar-refractivity contribution is 0.449. The van der Waals surface area contributed by atoms with Crippen LogP contribution in [0.4, 0.5) is 8.78 Å². The first kappa shape index (κ1) is 14.1. The zero-order chi connectivity index (χ0) is 12.7. The zero-order valence-electron chi connectivity index (χ0n) is 10.6. The lowest BCUT2D eigenvalue weighted by Gasteiger charge is -2.17. The molecule has 1 unspecified atom stereocenters. The van der Waals surface area contributed by atoms with Crippen molar-refractivity contribution in [3.63, 3.8) is 0 Å². The molecule has 0 radical (unpaired) electrons. The van der Waals surface area contributed by atoms with Gasteiger partial charge in [0.05, 0.1) is 0 Å². The van der Waals surface area contributed by atoms with E-state index in [4.69, 9.17) is 0 Å². The molecule has 0 aromatic heterocycles. The Morgan fingerprint density at radius 2 is 1.76 bits per heavy atom. The van der Waals surface area contributed by atoms with Crippen molar-refractivity contribution < 1.29 is 8.78 Å². The van der Waals surface area contributed by atoms with Gasteiger partial charge >= 0.3 is 0 Å². The summed E-state index contributed by atoms with van der Waals surface area (Å²) in [5, 5.41) is 3.35. The van der Waals surface area contributed by atoms with Crippen molar-refractivity contribution in [1.82, 2.24) is 5.32 Å². The Kier molecular flexibility index (Phi) is 6.12. The van der Waals surface area contributed by atoms with Crippen molar-refractivity contribution in [1.29, 1.82) is 0 Å². The van der Waals surface area contributed by atoms with Crippen molar-refractivity contribution in [2.24, 2.45) is 0 Å². The van der Waals surface area contributed by atoms with Gasteiger partial charge in [0.2, 0.25) is 0 Å². The van der Waals surface area contributed by atoms with E-state index in [0.29, 0.717) is 12.5 Å². The summed E-state index contributed by atoms with van der Waals surface area (Å²) in [6, 6.07) is 4.40. The van der Waals surface area contributed by atoms with Gasteiger partial charge in [0.15, 0.2) is 0 Å². The van der Waals surface area contributed by atoms with E-state index < -0.39 is 11.6 Å². The van der Waals surface area contributed by atoms with Crippen LogP contribution >= 0.6 is 0 Å². The number of rotatable bonds is 7. The van der Waals surface area contributed by atoms with Crippen molar-refractivity contribution in [3.05, 3.63) is 35.4 Å². The Morgan fingerprint density at radius 3 is 2.29 bits per heavy atom. The molecule has 0 spiro atoms. The average molecular weight is 241 g/mol. The summed E-state index contributed by atoms with van der Waals surface area (Å²) in [7, 11) is 0. The molecule has 96 valence electrons. The molecule has 1 nitrogen and oxygen atoms in total. The maximum absolute atomic E-state index is 13.4. The molecule has 0 bridgehead atoms. The van der Waals surface area contributed by atoms with Gasteiger partial charge in [-0.15, -0.1) is 0 Å². The lowest BCUT2D eigenvalue weighted by atomic mass is 10.0. The molecule has 0 saturated carbocycles. The summed E-state index contributed by atoms with van der Waals surface area (Å²) in [6.45, 7) is 5.06. The van der Waals surface area contributed by atoms with E-state index >= 15 is 0 Å². The SMILES string of the molecule is CCCC(CCc1c(F)cccc1F)NCC. The van der Waals surface area contributed by atoms with Crippen LogP contribution in [0.15, 0.2) is 18.2 Å². The van der Waals surface area contributed by atoms with E-state index in [1.165, 1.54) is 18.2 Å². The Bertz CT molecular complexity index is 313. The third kappa shape index (κ3) is 4.43. The third-order valence-corrected chi connectivity index (χ3v) is 2.93. The van der Waals surface area contributed by atoms with Crippen LogP contribution < -0.4 is 5.32 Å². The lowest BCUT2D eigenvalue weighted by Crippen LogP contribution is -2.29. The highest BCUT2D eigenvalue weighted by Gasteiger charge is 2.11. The Labute approximate surface area is 102 Å². The normalized spacial score (nSPS) is 12.7. The largest absolute Gasteiger partial charge is 0.314 e. The monoisotopic (exact) mass is 241 g/mol. The van der Waals surface area contributed by atoms with Crippen LogP contribution in [0, 0.1) is 11.6 Å². The Morgan fingerprint density at radius 1 is 1.12 bits per heavy atom. The number of nitrogens with one attached hydrogen (secondary N) is 1. The fraction of sp³-hybridized carbons (Fsp3) is 0.571. The van der Waals surface area contributed by atoms with Crippen LogP contribution in [0.2, 0.25) is 0 Å². The topological polar surface area (TPSA) is 12.0 Å². The molecule has 3 heteroatoms. The zero-order valence-corrected chi connectivity index (χ0v) is 10.6. The van der Waals surface area contributed by atoms with E-state index in [1.54, 1.807) is 0 Å². The van der Waals surface area contributed by atoms with Crippen LogP contribution in [-0.2, 0) is 6.42 Å². The molecule has 1 aromatic rings. The molecule has 0 amide bonds. The van der Waals surface area contributed by atoms with Crippen LogP contribution in [0.5, 0.6) is 0 Å². The Hall–Kier alpha value is -0.960. The molecule has 0 saturated heterocycles. The predicted octanol–water partition coefficient (Wildman–Crippen LogP) is 3.68. The smallest absolute Gasteiger partial charge is 0.129 e. The van der Waals surface area contributed by atoms with Crippen LogP contribution in [0.1, 0.15) is 38.7 Å². The van der Waals surface area contributed by atoms with Gasteiger partial charge in [-0.25, -0.2) is 8.78 Å². The van der Waals surface area contributed by atoms with Gasteiger partial charge in [-0.2, -0.15) is 0 Å². The molecule has 0 aliphatic heterocycles. The fourth-order valence-electron chi connectivity index (χ4n) is 2.08. The third-order valence-electron chi connectivity index (χ3n) is 2.93. The summed E-state index contributed by atoms with van der Waals surface area (Å²) in [6.07, 6.45) is 3.36. The average Bonchev–Trinajstić information content (AvgIpc) is 2.29. The molecule has 1 N–H and O–H groups in total. The summed E-state index contributed by atoms with van der Waals surface area (Å²) in [5.41, 5.74) is 0.214. The molecular weight excluding hydrogens is 220 g/mol. The van der Waals surface area contributed by atoms with Gasteiger partial charge < -0.3 is 5.32 Å². The van der Waals surface area contributed by atoms with E-state index in [0.717, 1.165) is 25.8 Å². The number of halogens is 2. The van der Waals surface area contributed by atoms with Gasteiger partial charge in [-0.1, -0.05) is 26.3 Å². The number of benzene rings is 1. The second-order valence-electron chi connectivity index (χ2n) is 4.28. The van der Waals surface area contributed by atoms with Gasteiger partial charge in [0.25, 0.3) is 0 Å². The first-order valence-corrected chi connectivity index (χ1v) is 6.35. The molecule has 1 atom stereocenters. The van der Waals surface area contributed by atoms with Crippen LogP contribution in [0.25, 0.3) is 0 Å². The minimum Gasteiger partial charge on any atom is -0.314 e. The summed E-state index contributed by atoms with van der Waals surface area (Å²) in [5.74, 6) is -0.867. The van der Waals surface area contributed by atoms with Gasteiger partial charge in [-0.05, 0) is 37.9 Å². The van der Waals surface area contributed by atoms with Crippen molar-refractivity contribution >= 4 is 0 Å². The van der Waals surface area contributed by atoms with Gasteiger partial charge in [-0.3, -0.25) is 0 Å². The standard InChI is InChI=1S/C14H21F2N/c1-3-6-11(17-4-2)9-10-12-13(15)7-5-8-14(12)16/h5,7-8,11,17H,3-4,6,9-10H2,1-2H3. The number of hydrogen-bond acceptors (Lipinski definition) is 1. The second kappa shape index (κ2) is 7.38. The van der Waals surface area contributed by atoms with E-state index in [-0.39, 0.29) is 5.56 Å².